The van der Waals surface area contributed by atoms with E-state index in [1.807, 2.05) is 18.2 Å². The van der Waals surface area contributed by atoms with Gasteiger partial charge in [-0.1, -0.05) is 35.2 Å². The van der Waals surface area contributed by atoms with Crippen molar-refractivity contribution < 1.29 is 14.6 Å². The number of hydrogen-bond donors (Lipinski definition) is 1. The van der Waals surface area contributed by atoms with E-state index >= 15 is 0 Å². The molecule has 0 bridgehead atoms. The molecule has 1 fully saturated rings. The summed E-state index contributed by atoms with van der Waals surface area (Å²) in [7, 11) is 0. The van der Waals surface area contributed by atoms with Gasteiger partial charge in [0.1, 0.15) is 5.75 Å². The zero-order valence-electron chi connectivity index (χ0n) is 10.9. The summed E-state index contributed by atoms with van der Waals surface area (Å²) in [5.74, 6) is 0.492. The maximum absolute atomic E-state index is 10.9. The SMILES string of the molecule is O=C(O)Cc1cc(Br)ccc1OCC1CCCCC1. The summed E-state index contributed by atoms with van der Waals surface area (Å²) in [4.78, 5) is 10.9. The van der Waals surface area contributed by atoms with Crippen LogP contribution in [0.5, 0.6) is 5.75 Å². The van der Waals surface area contributed by atoms with E-state index in [0.29, 0.717) is 18.3 Å². The molecule has 0 aliphatic heterocycles. The molecule has 0 heterocycles. The van der Waals surface area contributed by atoms with E-state index in [1.54, 1.807) is 0 Å². The highest BCUT2D eigenvalue weighted by atomic mass is 79.9. The van der Waals surface area contributed by atoms with Crippen molar-refractivity contribution in [3.8, 4) is 5.75 Å². The van der Waals surface area contributed by atoms with Gasteiger partial charge in [0.25, 0.3) is 0 Å². The summed E-state index contributed by atoms with van der Waals surface area (Å²) in [5.41, 5.74) is 0.734. The maximum Gasteiger partial charge on any atom is 0.307 e. The molecule has 0 radical (unpaired) electrons. The second-order valence-electron chi connectivity index (χ2n) is 5.14. The number of aliphatic carboxylic acids is 1. The Morgan fingerprint density at radius 2 is 2.05 bits per heavy atom. The third-order valence-corrected chi connectivity index (χ3v) is 4.06. The average Bonchev–Trinajstić information content (AvgIpc) is 2.38. The van der Waals surface area contributed by atoms with Gasteiger partial charge in [-0.25, -0.2) is 0 Å². The second-order valence-corrected chi connectivity index (χ2v) is 6.05. The van der Waals surface area contributed by atoms with Crippen LogP contribution < -0.4 is 4.74 Å². The van der Waals surface area contributed by atoms with E-state index in [0.717, 1.165) is 10.0 Å². The molecule has 3 nitrogen and oxygen atoms in total. The van der Waals surface area contributed by atoms with Crippen LogP contribution in [0.2, 0.25) is 0 Å². The Bertz CT molecular complexity index is 439. The molecule has 1 N–H and O–H groups in total. The lowest BCUT2D eigenvalue weighted by molar-refractivity contribution is -0.136. The van der Waals surface area contributed by atoms with Gasteiger partial charge < -0.3 is 9.84 Å². The van der Waals surface area contributed by atoms with Gasteiger partial charge in [0.15, 0.2) is 0 Å². The van der Waals surface area contributed by atoms with Gasteiger partial charge in [0, 0.05) is 10.0 Å². The summed E-state index contributed by atoms with van der Waals surface area (Å²) >= 11 is 3.37. The summed E-state index contributed by atoms with van der Waals surface area (Å²) in [6.07, 6.45) is 6.36. The normalized spacial score (nSPS) is 16.3. The Hall–Kier alpha value is -1.03. The molecule has 1 aromatic rings. The Morgan fingerprint density at radius 1 is 1.32 bits per heavy atom. The molecular formula is C15H19BrO3. The molecule has 0 spiro atoms. The number of ether oxygens (including phenoxy) is 1. The number of rotatable bonds is 5. The standard InChI is InChI=1S/C15H19BrO3/c16-13-6-7-14(12(8-13)9-15(17)18)19-10-11-4-2-1-3-5-11/h6-8,11H,1-5,9-10H2,(H,17,18). The van der Waals surface area contributed by atoms with Gasteiger partial charge in [-0.15, -0.1) is 0 Å². The first-order valence-corrected chi connectivity index (χ1v) is 7.57. The number of carbonyl (C=O) groups is 1. The van der Waals surface area contributed by atoms with E-state index < -0.39 is 5.97 Å². The Kier molecular flexibility index (Phi) is 5.25. The van der Waals surface area contributed by atoms with Gasteiger partial charge in [0.2, 0.25) is 0 Å². The largest absolute Gasteiger partial charge is 0.493 e. The minimum absolute atomic E-state index is 0.000556. The number of hydrogen-bond acceptors (Lipinski definition) is 2. The van der Waals surface area contributed by atoms with E-state index in [4.69, 9.17) is 9.84 Å². The van der Waals surface area contributed by atoms with E-state index in [2.05, 4.69) is 15.9 Å². The van der Waals surface area contributed by atoms with Gasteiger partial charge >= 0.3 is 5.97 Å². The summed E-state index contributed by atoms with van der Waals surface area (Å²) in [5, 5.41) is 8.93. The summed E-state index contributed by atoms with van der Waals surface area (Å²) in [6.45, 7) is 0.703. The molecule has 0 unspecified atom stereocenters. The lowest BCUT2D eigenvalue weighted by Crippen LogP contribution is -2.16. The van der Waals surface area contributed by atoms with Crippen molar-refractivity contribution in [3.63, 3.8) is 0 Å². The van der Waals surface area contributed by atoms with Crippen LogP contribution in [0.15, 0.2) is 22.7 Å². The van der Waals surface area contributed by atoms with Crippen LogP contribution in [-0.2, 0) is 11.2 Å². The molecule has 1 aromatic carbocycles. The van der Waals surface area contributed by atoms with Crippen molar-refractivity contribution >= 4 is 21.9 Å². The topological polar surface area (TPSA) is 46.5 Å². The van der Waals surface area contributed by atoms with Crippen LogP contribution in [0.4, 0.5) is 0 Å². The quantitative estimate of drug-likeness (QED) is 0.888. The Balaban J connectivity index is 1.99. The smallest absolute Gasteiger partial charge is 0.307 e. The molecule has 1 saturated carbocycles. The number of carboxylic acids is 1. The van der Waals surface area contributed by atoms with Gasteiger partial charge in [-0.05, 0) is 37.0 Å². The maximum atomic E-state index is 10.9. The highest BCUT2D eigenvalue weighted by Gasteiger charge is 2.15. The van der Waals surface area contributed by atoms with Crippen LogP contribution in [0.3, 0.4) is 0 Å². The molecule has 4 heteroatoms. The van der Waals surface area contributed by atoms with Gasteiger partial charge in [0.05, 0.1) is 13.0 Å². The third-order valence-electron chi connectivity index (χ3n) is 3.56. The van der Waals surface area contributed by atoms with Gasteiger partial charge in [-0.3, -0.25) is 4.79 Å². The highest BCUT2D eigenvalue weighted by Crippen LogP contribution is 2.27. The van der Waals surface area contributed by atoms with Crippen molar-refractivity contribution in [2.24, 2.45) is 5.92 Å². The fraction of sp³-hybridized carbons (Fsp3) is 0.533. The molecule has 1 aliphatic rings. The molecule has 104 valence electrons. The highest BCUT2D eigenvalue weighted by molar-refractivity contribution is 9.10. The molecular weight excluding hydrogens is 308 g/mol. The molecule has 0 aromatic heterocycles. The molecule has 0 amide bonds. The lowest BCUT2D eigenvalue weighted by atomic mass is 9.90. The van der Waals surface area contributed by atoms with Crippen molar-refractivity contribution in [1.82, 2.24) is 0 Å². The first-order valence-electron chi connectivity index (χ1n) is 6.78. The minimum Gasteiger partial charge on any atom is -0.493 e. The fourth-order valence-electron chi connectivity index (χ4n) is 2.55. The molecule has 1 aliphatic carbocycles. The third kappa shape index (κ3) is 4.53. The summed E-state index contributed by atoms with van der Waals surface area (Å²) in [6, 6.07) is 5.57. The predicted octanol–water partition coefficient (Wildman–Crippen LogP) is 4.04. The van der Waals surface area contributed by atoms with E-state index in [-0.39, 0.29) is 6.42 Å². The van der Waals surface area contributed by atoms with Crippen LogP contribution >= 0.6 is 15.9 Å². The second kappa shape index (κ2) is 6.94. The van der Waals surface area contributed by atoms with Gasteiger partial charge in [-0.2, -0.15) is 0 Å². The van der Waals surface area contributed by atoms with Crippen molar-refractivity contribution in [1.29, 1.82) is 0 Å². The van der Waals surface area contributed by atoms with E-state index in [9.17, 15) is 4.79 Å². The Labute approximate surface area is 122 Å². The monoisotopic (exact) mass is 326 g/mol. The first kappa shape index (κ1) is 14.4. The minimum atomic E-state index is -0.833. The van der Waals surface area contributed by atoms with Crippen LogP contribution in [0.1, 0.15) is 37.7 Å². The number of benzene rings is 1. The molecule has 0 atom stereocenters. The zero-order chi connectivity index (χ0) is 13.7. The van der Waals surface area contributed by atoms with Crippen LogP contribution in [-0.4, -0.2) is 17.7 Å². The van der Waals surface area contributed by atoms with Crippen molar-refractivity contribution in [2.45, 2.75) is 38.5 Å². The summed E-state index contributed by atoms with van der Waals surface area (Å²) < 4.78 is 6.73. The number of carboxylic acid groups (broad SMARTS) is 1. The average molecular weight is 327 g/mol. The molecule has 2 rings (SSSR count). The molecule has 19 heavy (non-hydrogen) atoms. The van der Waals surface area contributed by atoms with Crippen molar-refractivity contribution in [2.75, 3.05) is 6.61 Å². The molecule has 0 saturated heterocycles. The Morgan fingerprint density at radius 3 is 2.74 bits per heavy atom. The van der Waals surface area contributed by atoms with Crippen LogP contribution in [0, 0.1) is 5.92 Å². The fourth-order valence-corrected chi connectivity index (χ4v) is 2.96. The van der Waals surface area contributed by atoms with E-state index in [1.165, 1.54) is 32.1 Å². The first-order chi connectivity index (χ1) is 9.15. The predicted molar refractivity (Wildman–Crippen MR) is 77.6 cm³/mol. The van der Waals surface area contributed by atoms with Crippen LogP contribution in [0.25, 0.3) is 0 Å². The number of halogens is 1. The lowest BCUT2D eigenvalue weighted by Gasteiger charge is -2.22. The zero-order valence-corrected chi connectivity index (χ0v) is 12.5. The van der Waals surface area contributed by atoms with Crippen molar-refractivity contribution in [3.05, 3.63) is 28.2 Å².